The second-order valence-corrected chi connectivity index (χ2v) is 3.08. The number of aromatic nitrogens is 1. The molecule has 0 aliphatic carbocycles. The second-order valence-electron chi connectivity index (χ2n) is 2.18. The standard InChI is InChI=1S/C8H5NO2S/c1-2-6-9-7-5(3-4-12-7)8(10)11-6/h2-4H,1H2. The monoisotopic (exact) mass is 179 g/mol. The van der Waals surface area contributed by atoms with Gasteiger partial charge < -0.3 is 4.42 Å². The van der Waals surface area contributed by atoms with Crippen molar-refractivity contribution in [3.63, 3.8) is 0 Å². The molecule has 0 aliphatic rings. The number of nitrogens with zero attached hydrogens (tertiary/aromatic N) is 1. The Morgan fingerprint density at radius 1 is 1.67 bits per heavy atom. The average molecular weight is 179 g/mol. The van der Waals surface area contributed by atoms with E-state index in [0.717, 1.165) is 0 Å². The minimum Gasteiger partial charge on any atom is -0.404 e. The maximum atomic E-state index is 11.2. The van der Waals surface area contributed by atoms with Crippen molar-refractivity contribution < 1.29 is 4.42 Å². The van der Waals surface area contributed by atoms with Gasteiger partial charge in [0, 0.05) is 0 Å². The normalized spacial score (nSPS) is 10.3. The van der Waals surface area contributed by atoms with E-state index >= 15 is 0 Å². The van der Waals surface area contributed by atoms with E-state index in [1.807, 2.05) is 0 Å². The van der Waals surface area contributed by atoms with Crippen LogP contribution in [-0.4, -0.2) is 4.98 Å². The first-order chi connectivity index (χ1) is 5.81. The SMILES string of the molecule is C=Cc1nc2sccc2c(=O)o1. The number of rotatable bonds is 1. The molecule has 0 N–H and O–H groups in total. The van der Waals surface area contributed by atoms with Crippen molar-refractivity contribution >= 4 is 27.6 Å². The van der Waals surface area contributed by atoms with E-state index in [1.54, 1.807) is 11.4 Å². The molecule has 4 heteroatoms. The van der Waals surface area contributed by atoms with Crippen molar-refractivity contribution in [3.05, 3.63) is 34.3 Å². The van der Waals surface area contributed by atoms with Gasteiger partial charge in [0.25, 0.3) is 0 Å². The van der Waals surface area contributed by atoms with Crippen molar-refractivity contribution in [1.29, 1.82) is 0 Å². The summed E-state index contributed by atoms with van der Waals surface area (Å²) in [4.78, 5) is 15.9. The first kappa shape index (κ1) is 7.24. The van der Waals surface area contributed by atoms with Gasteiger partial charge in [0.15, 0.2) is 0 Å². The Kier molecular flexibility index (Phi) is 1.55. The Balaban J connectivity index is 2.93. The molecule has 0 aromatic carbocycles. The molecule has 2 rings (SSSR count). The van der Waals surface area contributed by atoms with Gasteiger partial charge in [0.2, 0.25) is 5.89 Å². The van der Waals surface area contributed by atoms with Gasteiger partial charge in [-0.2, -0.15) is 0 Å². The van der Waals surface area contributed by atoms with Crippen molar-refractivity contribution in [2.75, 3.05) is 0 Å². The topological polar surface area (TPSA) is 43.1 Å². The molecule has 60 valence electrons. The highest BCUT2D eigenvalue weighted by Crippen LogP contribution is 2.14. The minimum absolute atomic E-state index is 0.273. The van der Waals surface area contributed by atoms with Crippen LogP contribution in [-0.2, 0) is 0 Å². The molecule has 0 spiro atoms. The first-order valence-electron chi connectivity index (χ1n) is 3.32. The lowest BCUT2D eigenvalue weighted by atomic mass is 10.4. The Bertz CT molecular complexity index is 483. The molecule has 0 saturated heterocycles. The van der Waals surface area contributed by atoms with Crippen LogP contribution in [0, 0.1) is 0 Å². The summed E-state index contributed by atoms with van der Waals surface area (Å²) in [6, 6.07) is 1.70. The summed E-state index contributed by atoms with van der Waals surface area (Å²) in [5.41, 5.74) is -0.351. The third kappa shape index (κ3) is 0.967. The van der Waals surface area contributed by atoms with Crippen LogP contribution in [0.15, 0.2) is 27.2 Å². The summed E-state index contributed by atoms with van der Waals surface area (Å²) >= 11 is 1.41. The Labute approximate surface area is 72.0 Å². The van der Waals surface area contributed by atoms with E-state index in [2.05, 4.69) is 11.6 Å². The maximum absolute atomic E-state index is 11.2. The number of fused-ring (bicyclic) bond motifs is 1. The Morgan fingerprint density at radius 2 is 2.50 bits per heavy atom. The van der Waals surface area contributed by atoms with Gasteiger partial charge in [-0.05, 0) is 17.5 Å². The molecule has 0 saturated carbocycles. The number of hydrogen-bond donors (Lipinski definition) is 0. The maximum Gasteiger partial charge on any atom is 0.347 e. The van der Waals surface area contributed by atoms with Gasteiger partial charge in [-0.3, -0.25) is 0 Å². The zero-order chi connectivity index (χ0) is 8.55. The molecule has 3 nitrogen and oxygen atoms in total. The molecule has 2 aromatic heterocycles. The molecule has 2 heterocycles. The van der Waals surface area contributed by atoms with Crippen LogP contribution in [0.25, 0.3) is 16.3 Å². The summed E-state index contributed by atoms with van der Waals surface area (Å²) in [5.74, 6) is 0.273. The lowest BCUT2D eigenvalue weighted by Gasteiger charge is -1.89. The molecular weight excluding hydrogens is 174 g/mol. The van der Waals surface area contributed by atoms with E-state index in [4.69, 9.17) is 4.42 Å². The van der Waals surface area contributed by atoms with Crippen LogP contribution in [0.5, 0.6) is 0 Å². The fourth-order valence-corrected chi connectivity index (χ4v) is 1.66. The van der Waals surface area contributed by atoms with Gasteiger partial charge in [-0.1, -0.05) is 6.58 Å². The van der Waals surface area contributed by atoms with E-state index in [9.17, 15) is 4.79 Å². The molecule has 0 atom stereocenters. The van der Waals surface area contributed by atoms with Crippen LogP contribution in [0.4, 0.5) is 0 Å². The average Bonchev–Trinajstić information content (AvgIpc) is 2.52. The summed E-state index contributed by atoms with van der Waals surface area (Å²) in [6.45, 7) is 3.47. The van der Waals surface area contributed by atoms with E-state index in [0.29, 0.717) is 10.2 Å². The predicted octanol–water partition coefficient (Wildman–Crippen LogP) is 1.89. The third-order valence-corrected chi connectivity index (χ3v) is 2.25. The summed E-state index contributed by atoms with van der Waals surface area (Å²) < 4.78 is 4.82. The van der Waals surface area contributed by atoms with Crippen molar-refractivity contribution in [1.82, 2.24) is 4.98 Å². The smallest absolute Gasteiger partial charge is 0.347 e. The third-order valence-electron chi connectivity index (χ3n) is 1.45. The van der Waals surface area contributed by atoms with Gasteiger partial charge in [-0.25, -0.2) is 9.78 Å². The highest BCUT2D eigenvalue weighted by atomic mass is 32.1. The van der Waals surface area contributed by atoms with E-state index in [-0.39, 0.29) is 11.5 Å². The summed E-state index contributed by atoms with van der Waals surface area (Å²) in [5, 5.41) is 2.34. The predicted molar refractivity (Wildman–Crippen MR) is 48.2 cm³/mol. The van der Waals surface area contributed by atoms with Crippen molar-refractivity contribution in [2.24, 2.45) is 0 Å². The zero-order valence-electron chi connectivity index (χ0n) is 6.11. The molecular formula is C8H5NO2S. The fourth-order valence-electron chi connectivity index (χ4n) is 0.903. The molecule has 0 fully saturated rings. The molecule has 12 heavy (non-hydrogen) atoms. The van der Waals surface area contributed by atoms with Crippen molar-refractivity contribution in [2.45, 2.75) is 0 Å². The van der Waals surface area contributed by atoms with Crippen LogP contribution in [0.3, 0.4) is 0 Å². The number of hydrogen-bond acceptors (Lipinski definition) is 4. The highest BCUT2D eigenvalue weighted by Gasteiger charge is 2.03. The van der Waals surface area contributed by atoms with Crippen LogP contribution >= 0.6 is 11.3 Å². The van der Waals surface area contributed by atoms with Gasteiger partial charge in [-0.15, -0.1) is 11.3 Å². The molecule has 0 aliphatic heterocycles. The Hall–Kier alpha value is -1.42. The molecule has 0 unspecified atom stereocenters. The molecule has 0 amide bonds. The minimum atomic E-state index is -0.351. The first-order valence-corrected chi connectivity index (χ1v) is 4.20. The van der Waals surface area contributed by atoms with Crippen LogP contribution < -0.4 is 5.63 Å². The fraction of sp³-hybridized carbons (Fsp3) is 0. The lowest BCUT2D eigenvalue weighted by molar-refractivity contribution is 0.491. The second kappa shape index (κ2) is 2.57. The van der Waals surface area contributed by atoms with E-state index < -0.39 is 0 Å². The Morgan fingerprint density at radius 3 is 3.25 bits per heavy atom. The van der Waals surface area contributed by atoms with Gasteiger partial charge >= 0.3 is 5.63 Å². The molecule has 0 bridgehead atoms. The summed E-state index contributed by atoms with van der Waals surface area (Å²) in [6.07, 6.45) is 1.42. The number of thiophene rings is 1. The van der Waals surface area contributed by atoms with Crippen LogP contribution in [0.2, 0.25) is 0 Å². The highest BCUT2D eigenvalue weighted by molar-refractivity contribution is 7.16. The largest absolute Gasteiger partial charge is 0.404 e. The van der Waals surface area contributed by atoms with Crippen LogP contribution in [0.1, 0.15) is 5.89 Å². The lowest BCUT2D eigenvalue weighted by Crippen LogP contribution is -1.99. The van der Waals surface area contributed by atoms with E-state index in [1.165, 1.54) is 17.4 Å². The molecule has 2 aromatic rings. The van der Waals surface area contributed by atoms with Gasteiger partial charge in [0.05, 0.1) is 5.39 Å². The van der Waals surface area contributed by atoms with Gasteiger partial charge in [0.1, 0.15) is 4.83 Å². The quantitative estimate of drug-likeness (QED) is 0.671. The summed E-state index contributed by atoms with van der Waals surface area (Å²) in [7, 11) is 0. The zero-order valence-corrected chi connectivity index (χ0v) is 6.93. The molecule has 0 radical (unpaired) electrons. The van der Waals surface area contributed by atoms with Crippen molar-refractivity contribution in [3.8, 4) is 0 Å².